The predicted octanol–water partition coefficient (Wildman–Crippen LogP) is 3.01. The zero-order valence-corrected chi connectivity index (χ0v) is 12.9. The maximum Gasteiger partial charge on any atom is 0.151 e. The third-order valence-corrected chi connectivity index (χ3v) is 3.38. The van der Waals surface area contributed by atoms with Gasteiger partial charge in [-0.1, -0.05) is 15.9 Å². The lowest BCUT2D eigenvalue weighted by Gasteiger charge is -2.03. The summed E-state index contributed by atoms with van der Waals surface area (Å²) in [6.45, 7) is 3.63. The largest absolute Gasteiger partial charge is 0.506 e. The van der Waals surface area contributed by atoms with Gasteiger partial charge in [-0.25, -0.2) is 4.68 Å². The molecule has 0 unspecified atom stereocenters. The van der Waals surface area contributed by atoms with Gasteiger partial charge in [-0.2, -0.15) is 5.10 Å². The number of phenolic OH excluding ortho intramolecular Hbond substituents is 1. The van der Waals surface area contributed by atoms with Gasteiger partial charge in [0.1, 0.15) is 5.75 Å². The van der Waals surface area contributed by atoms with Gasteiger partial charge >= 0.3 is 0 Å². The number of aromatic hydroxyl groups is 1. The molecule has 0 saturated heterocycles. The van der Waals surface area contributed by atoms with E-state index in [1.54, 1.807) is 23.0 Å². The number of rotatable bonds is 2. The highest BCUT2D eigenvalue weighted by molar-refractivity contribution is 9.11. The number of hydrogen-bond donors (Lipinski definition) is 1. The van der Waals surface area contributed by atoms with Crippen molar-refractivity contribution in [2.75, 3.05) is 0 Å². The Balaban J connectivity index is 2.41. The molecule has 0 radical (unpaired) electrons. The zero-order chi connectivity index (χ0) is 13.3. The molecule has 0 amide bonds. The van der Waals surface area contributed by atoms with Crippen molar-refractivity contribution in [2.24, 2.45) is 5.10 Å². The minimum atomic E-state index is 0.144. The average Bonchev–Trinajstić information content (AvgIpc) is 2.62. The summed E-state index contributed by atoms with van der Waals surface area (Å²) in [5, 5.41) is 21.9. The minimum absolute atomic E-state index is 0.144. The summed E-state index contributed by atoms with van der Waals surface area (Å²) in [5.74, 6) is 1.53. The van der Waals surface area contributed by atoms with Crippen LogP contribution in [0.2, 0.25) is 0 Å². The van der Waals surface area contributed by atoms with Crippen LogP contribution in [0.3, 0.4) is 0 Å². The SMILES string of the molecule is Cc1nnc(C)n1/N=C\c1cc(Br)cc(Br)c1O. The number of phenols is 1. The van der Waals surface area contributed by atoms with Gasteiger partial charge in [0.2, 0.25) is 0 Å². The third kappa shape index (κ3) is 2.62. The number of aryl methyl sites for hydroxylation is 2. The van der Waals surface area contributed by atoms with E-state index in [0.717, 1.165) is 4.47 Å². The van der Waals surface area contributed by atoms with Crippen LogP contribution in [0.4, 0.5) is 0 Å². The van der Waals surface area contributed by atoms with Crippen LogP contribution in [-0.4, -0.2) is 26.2 Å². The van der Waals surface area contributed by atoms with Gasteiger partial charge in [-0.15, -0.1) is 10.2 Å². The fourth-order valence-corrected chi connectivity index (χ4v) is 2.69. The molecular weight excluding hydrogens is 364 g/mol. The van der Waals surface area contributed by atoms with Crippen LogP contribution in [0, 0.1) is 13.8 Å². The second kappa shape index (κ2) is 5.19. The molecule has 0 atom stereocenters. The van der Waals surface area contributed by atoms with E-state index in [-0.39, 0.29) is 5.75 Å². The fraction of sp³-hybridized carbons (Fsp3) is 0.182. The molecule has 0 fully saturated rings. The van der Waals surface area contributed by atoms with E-state index in [1.165, 1.54) is 0 Å². The molecule has 1 N–H and O–H groups in total. The topological polar surface area (TPSA) is 63.3 Å². The first kappa shape index (κ1) is 13.2. The van der Waals surface area contributed by atoms with Crippen LogP contribution in [0.1, 0.15) is 17.2 Å². The van der Waals surface area contributed by atoms with Crippen LogP contribution in [0.5, 0.6) is 5.75 Å². The zero-order valence-electron chi connectivity index (χ0n) is 9.72. The van der Waals surface area contributed by atoms with Crippen LogP contribution < -0.4 is 0 Å². The highest BCUT2D eigenvalue weighted by Crippen LogP contribution is 2.30. The van der Waals surface area contributed by atoms with Gasteiger partial charge in [0.15, 0.2) is 11.6 Å². The first-order valence-electron chi connectivity index (χ1n) is 5.10. The molecule has 1 aromatic heterocycles. The molecule has 0 aliphatic heterocycles. The summed E-state index contributed by atoms with van der Waals surface area (Å²) in [4.78, 5) is 0. The van der Waals surface area contributed by atoms with E-state index in [2.05, 4.69) is 47.2 Å². The van der Waals surface area contributed by atoms with Crippen LogP contribution in [0.15, 0.2) is 26.2 Å². The number of halogens is 2. The lowest BCUT2D eigenvalue weighted by atomic mass is 10.2. The maximum absolute atomic E-state index is 9.89. The lowest BCUT2D eigenvalue weighted by molar-refractivity contribution is 0.471. The van der Waals surface area contributed by atoms with Crippen molar-refractivity contribution < 1.29 is 5.11 Å². The first-order chi connectivity index (χ1) is 8.49. The second-order valence-corrected chi connectivity index (χ2v) is 5.45. The smallest absolute Gasteiger partial charge is 0.151 e. The molecule has 2 rings (SSSR count). The van der Waals surface area contributed by atoms with Crippen molar-refractivity contribution in [3.8, 4) is 5.75 Å². The van der Waals surface area contributed by atoms with E-state index in [4.69, 9.17) is 0 Å². The molecule has 18 heavy (non-hydrogen) atoms. The number of aromatic nitrogens is 3. The monoisotopic (exact) mass is 372 g/mol. The Bertz CT molecular complexity index is 602. The summed E-state index contributed by atoms with van der Waals surface area (Å²) in [6.07, 6.45) is 1.56. The Hall–Kier alpha value is -1.21. The minimum Gasteiger partial charge on any atom is -0.506 e. The summed E-state index contributed by atoms with van der Waals surface area (Å²) >= 11 is 6.63. The molecule has 1 heterocycles. The van der Waals surface area contributed by atoms with Crippen molar-refractivity contribution in [2.45, 2.75) is 13.8 Å². The first-order valence-corrected chi connectivity index (χ1v) is 6.68. The molecule has 2 aromatic rings. The van der Waals surface area contributed by atoms with E-state index in [0.29, 0.717) is 21.7 Å². The van der Waals surface area contributed by atoms with E-state index >= 15 is 0 Å². The standard InChI is InChI=1S/C11H10Br2N4O/c1-6-15-16-7(2)17(6)14-5-8-3-9(12)4-10(13)11(8)18/h3-5,18H,1-2H3/b14-5-. The van der Waals surface area contributed by atoms with E-state index in [1.807, 2.05) is 13.8 Å². The van der Waals surface area contributed by atoms with Crippen LogP contribution in [-0.2, 0) is 0 Å². The quantitative estimate of drug-likeness (QED) is 0.823. The summed E-state index contributed by atoms with van der Waals surface area (Å²) in [7, 11) is 0. The Morgan fingerprint density at radius 3 is 2.44 bits per heavy atom. The Labute approximate surface area is 121 Å². The molecule has 7 heteroatoms. The molecule has 1 aromatic carbocycles. The second-order valence-electron chi connectivity index (χ2n) is 3.68. The molecular formula is C11H10Br2N4O. The molecule has 5 nitrogen and oxygen atoms in total. The van der Waals surface area contributed by atoms with Gasteiger partial charge in [-0.3, -0.25) is 0 Å². The molecule has 94 valence electrons. The van der Waals surface area contributed by atoms with Gasteiger partial charge < -0.3 is 5.11 Å². The Morgan fingerprint density at radius 1 is 1.22 bits per heavy atom. The fourth-order valence-electron chi connectivity index (χ4n) is 1.43. The number of benzene rings is 1. The summed E-state index contributed by atoms with van der Waals surface area (Å²) < 4.78 is 3.06. The van der Waals surface area contributed by atoms with Crippen LogP contribution in [0.25, 0.3) is 0 Å². The normalized spacial score (nSPS) is 11.3. The summed E-state index contributed by atoms with van der Waals surface area (Å²) in [5.41, 5.74) is 0.601. The Kier molecular flexibility index (Phi) is 3.82. The van der Waals surface area contributed by atoms with Crippen LogP contribution >= 0.6 is 31.9 Å². The molecule has 0 bridgehead atoms. The van der Waals surface area contributed by atoms with Gasteiger partial charge in [0.05, 0.1) is 10.7 Å². The van der Waals surface area contributed by atoms with Crippen molar-refractivity contribution in [1.29, 1.82) is 0 Å². The molecule has 0 aliphatic carbocycles. The average molecular weight is 374 g/mol. The maximum atomic E-state index is 9.89. The molecule has 0 spiro atoms. The highest BCUT2D eigenvalue weighted by atomic mass is 79.9. The number of hydrogen-bond acceptors (Lipinski definition) is 4. The van der Waals surface area contributed by atoms with Crippen molar-refractivity contribution in [3.63, 3.8) is 0 Å². The van der Waals surface area contributed by atoms with Crippen molar-refractivity contribution in [1.82, 2.24) is 14.9 Å². The van der Waals surface area contributed by atoms with Crippen molar-refractivity contribution >= 4 is 38.1 Å². The lowest BCUT2D eigenvalue weighted by Crippen LogP contribution is -1.96. The third-order valence-electron chi connectivity index (χ3n) is 2.32. The highest BCUT2D eigenvalue weighted by Gasteiger charge is 2.06. The van der Waals surface area contributed by atoms with Gasteiger partial charge in [0.25, 0.3) is 0 Å². The van der Waals surface area contributed by atoms with Gasteiger partial charge in [-0.05, 0) is 41.9 Å². The van der Waals surface area contributed by atoms with Gasteiger partial charge in [0, 0.05) is 10.0 Å². The molecule has 0 aliphatic rings. The van der Waals surface area contributed by atoms with E-state index < -0.39 is 0 Å². The van der Waals surface area contributed by atoms with Crippen molar-refractivity contribution in [3.05, 3.63) is 38.3 Å². The van der Waals surface area contributed by atoms with E-state index in [9.17, 15) is 5.11 Å². The summed E-state index contributed by atoms with van der Waals surface area (Å²) in [6, 6.07) is 3.54. The predicted molar refractivity (Wildman–Crippen MR) is 76.0 cm³/mol. The Morgan fingerprint density at radius 2 is 1.83 bits per heavy atom. The molecule has 0 saturated carbocycles. The number of nitrogens with zero attached hydrogens (tertiary/aromatic N) is 4.